The zero-order chi connectivity index (χ0) is 8.67. The van der Waals surface area contributed by atoms with Crippen molar-refractivity contribution in [3.8, 4) is 0 Å². The van der Waals surface area contributed by atoms with Gasteiger partial charge in [-0.05, 0) is 56.0 Å². The van der Waals surface area contributed by atoms with Gasteiger partial charge < -0.3 is 0 Å². The lowest BCUT2D eigenvalue weighted by atomic mass is 9.94. The fourth-order valence-corrected chi connectivity index (χ4v) is 3.69. The first-order valence-corrected chi connectivity index (χ1v) is 5.88. The predicted octanol–water partition coefficient (Wildman–Crippen LogP) is 3.56. The zero-order valence-corrected chi connectivity index (χ0v) is 8.48. The molecule has 0 fully saturated rings. The van der Waals surface area contributed by atoms with Gasteiger partial charge in [-0.15, -0.1) is 0 Å². The second-order valence-corrected chi connectivity index (χ2v) is 5.01. The summed E-state index contributed by atoms with van der Waals surface area (Å²) in [5.41, 5.74) is 3.21. The topological polar surface area (TPSA) is 0 Å². The minimum absolute atomic E-state index is 1.32. The maximum Gasteiger partial charge on any atom is -0.00741 e. The Morgan fingerprint density at radius 2 is 1.85 bits per heavy atom. The van der Waals surface area contributed by atoms with E-state index in [1.54, 1.807) is 16.5 Å². The average molecular weight is 187 g/mol. The quantitative estimate of drug-likeness (QED) is 0.545. The Morgan fingerprint density at radius 3 is 2.85 bits per heavy atom. The second-order valence-electron chi connectivity index (χ2n) is 3.76. The zero-order valence-electron chi connectivity index (χ0n) is 7.59. The summed E-state index contributed by atoms with van der Waals surface area (Å²) in [6.07, 6.45) is 5.45. The molecule has 0 unspecified atom stereocenters. The van der Waals surface area contributed by atoms with Crippen molar-refractivity contribution in [3.63, 3.8) is 0 Å². The van der Waals surface area contributed by atoms with Crippen molar-refractivity contribution in [1.29, 1.82) is 0 Å². The fraction of sp³-hybridized carbons (Fsp3) is 0.333. The molecule has 0 N–H and O–H groups in total. The van der Waals surface area contributed by atoms with Gasteiger partial charge in [-0.3, -0.25) is 0 Å². The van der Waals surface area contributed by atoms with Crippen LogP contribution in [0.3, 0.4) is 0 Å². The van der Waals surface area contributed by atoms with Crippen molar-refractivity contribution in [2.24, 2.45) is 0 Å². The average Bonchev–Trinajstić information content (AvgIpc) is 2.56. The van der Waals surface area contributed by atoms with Crippen molar-refractivity contribution in [2.75, 3.05) is 0 Å². The highest BCUT2D eigenvalue weighted by Crippen LogP contribution is 2.46. The third-order valence-corrected chi connectivity index (χ3v) is 4.32. The molecule has 0 aromatic heterocycles. The van der Waals surface area contributed by atoms with Crippen LogP contribution >= 0.6 is 8.58 Å². The van der Waals surface area contributed by atoms with E-state index < -0.39 is 0 Å². The first kappa shape index (κ1) is 7.76. The fourth-order valence-electron chi connectivity index (χ4n) is 2.27. The van der Waals surface area contributed by atoms with Gasteiger partial charge in [-0.1, -0.05) is 24.3 Å². The monoisotopic (exact) mass is 187 g/mol. The van der Waals surface area contributed by atoms with Gasteiger partial charge in [0.25, 0.3) is 0 Å². The van der Waals surface area contributed by atoms with Crippen LogP contribution in [0.1, 0.15) is 31.2 Å². The second kappa shape index (κ2) is 2.96. The van der Waals surface area contributed by atoms with Crippen molar-refractivity contribution >= 4 is 19.5 Å². The molecule has 1 aliphatic heterocycles. The maximum atomic E-state index is 2.29. The van der Waals surface area contributed by atoms with E-state index in [0.29, 0.717) is 0 Å². The van der Waals surface area contributed by atoms with E-state index in [0.717, 1.165) is 0 Å². The molecule has 2 aliphatic rings. The molecule has 13 heavy (non-hydrogen) atoms. The van der Waals surface area contributed by atoms with Crippen LogP contribution in [-0.4, -0.2) is 0 Å². The number of rotatable bonds is 0. The van der Waals surface area contributed by atoms with E-state index >= 15 is 0 Å². The van der Waals surface area contributed by atoms with Crippen molar-refractivity contribution in [1.82, 2.24) is 0 Å². The van der Waals surface area contributed by atoms with E-state index in [9.17, 15) is 0 Å². The summed E-state index contributed by atoms with van der Waals surface area (Å²) in [6.45, 7) is 0. The lowest BCUT2D eigenvalue weighted by Crippen LogP contribution is -1.97. The Hall–Kier alpha value is -0.610. The number of hydrogen-bond acceptors (Lipinski definition) is 0. The first-order chi connectivity index (χ1) is 6.45. The van der Waals surface area contributed by atoms with Gasteiger partial charge >= 0.3 is 0 Å². The van der Waals surface area contributed by atoms with Gasteiger partial charge in [0.15, 0.2) is 0 Å². The van der Waals surface area contributed by atoms with E-state index in [1.165, 1.54) is 39.6 Å². The van der Waals surface area contributed by atoms with E-state index in [4.69, 9.17) is 0 Å². The molecule has 1 aliphatic carbocycles. The first-order valence-electron chi connectivity index (χ1n) is 4.98. The summed E-state index contributed by atoms with van der Waals surface area (Å²) in [7, 11) is 1.49. The van der Waals surface area contributed by atoms with Gasteiger partial charge in [0.05, 0.1) is 0 Å². The van der Waals surface area contributed by atoms with E-state index in [-0.39, 0.29) is 0 Å². The molecule has 0 bridgehead atoms. The molecule has 3 rings (SSSR count). The van der Waals surface area contributed by atoms with Gasteiger partial charge in [0.2, 0.25) is 0 Å². The highest BCUT2D eigenvalue weighted by atomic mass is 31.1. The molecule has 1 radical (unpaired) electrons. The van der Waals surface area contributed by atoms with Crippen molar-refractivity contribution in [2.45, 2.75) is 25.7 Å². The summed E-state index contributed by atoms with van der Waals surface area (Å²) in [6, 6.07) is 8.88. The van der Waals surface area contributed by atoms with Crippen LogP contribution in [0.15, 0.2) is 29.6 Å². The minimum atomic E-state index is 1.32. The molecule has 0 atom stereocenters. The highest BCUT2D eigenvalue weighted by molar-refractivity contribution is 7.53. The van der Waals surface area contributed by atoms with Crippen LogP contribution < -0.4 is 5.30 Å². The lowest BCUT2D eigenvalue weighted by molar-refractivity contribution is 0.737. The third-order valence-electron chi connectivity index (χ3n) is 2.92. The summed E-state index contributed by atoms with van der Waals surface area (Å²) < 4.78 is 0. The molecule has 65 valence electrons. The smallest absolute Gasteiger partial charge is 0.00741 e. The van der Waals surface area contributed by atoms with Crippen molar-refractivity contribution in [3.05, 3.63) is 35.1 Å². The van der Waals surface area contributed by atoms with Crippen LogP contribution in [0, 0.1) is 0 Å². The molecular weight excluding hydrogens is 175 g/mol. The lowest BCUT2D eigenvalue weighted by Gasteiger charge is -2.13. The molecule has 1 heterocycles. The molecule has 0 nitrogen and oxygen atoms in total. The number of hydrogen-bond donors (Lipinski definition) is 0. The molecule has 0 saturated heterocycles. The Balaban J connectivity index is 2.12. The van der Waals surface area contributed by atoms with Gasteiger partial charge in [0, 0.05) is 0 Å². The summed E-state index contributed by atoms with van der Waals surface area (Å²) in [5, 5.41) is 3.24. The Kier molecular flexibility index (Phi) is 1.77. The third kappa shape index (κ3) is 1.16. The molecule has 1 aromatic rings. The van der Waals surface area contributed by atoms with Crippen LogP contribution in [-0.2, 0) is 0 Å². The van der Waals surface area contributed by atoms with E-state index in [1.807, 2.05) is 0 Å². The van der Waals surface area contributed by atoms with Crippen LogP contribution in [0.2, 0.25) is 0 Å². The van der Waals surface area contributed by atoms with Gasteiger partial charge in [0.1, 0.15) is 0 Å². The molecule has 0 amide bonds. The Labute approximate surface area is 80.8 Å². The van der Waals surface area contributed by atoms with Crippen LogP contribution in [0.25, 0.3) is 5.57 Å². The maximum absolute atomic E-state index is 2.29. The Morgan fingerprint density at radius 1 is 1.00 bits per heavy atom. The van der Waals surface area contributed by atoms with Gasteiger partial charge in [-0.2, -0.15) is 0 Å². The van der Waals surface area contributed by atoms with E-state index in [2.05, 4.69) is 24.3 Å². The molecule has 1 heteroatoms. The normalized spacial score (nSPS) is 21.8. The highest BCUT2D eigenvalue weighted by Gasteiger charge is 2.23. The summed E-state index contributed by atoms with van der Waals surface area (Å²) in [4.78, 5) is 0. The Bertz CT molecular complexity index is 376. The van der Waals surface area contributed by atoms with Crippen molar-refractivity contribution < 1.29 is 0 Å². The molecular formula is C12H12P. The SMILES string of the molecule is c1ccc2c(c1)[P]C1=C2CCCC1. The largest absolute Gasteiger partial charge is 0.0616 e. The number of fused-ring (bicyclic) bond motifs is 2. The van der Waals surface area contributed by atoms with Crippen LogP contribution in [0.5, 0.6) is 0 Å². The number of allylic oxidation sites excluding steroid dienone is 2. The van der Waals surface area contributed by atoms with Gasteiger partial charge in [-0.25, -0.2) is 0 Å². The minimum Gasteiger partial charge on any atom is -0.0616 e. The van der Waals surface area contributed by atoms with Crippen LogP contribution in [0.4, 0.5) is 0 Å². The molecule has 0 spiro atoms. The number of benzene rings is 1. The standard InChI is InChI=1S/C12H12P/c1-3-7-11-9(5-1)10-6-2-4-8-12(10)13-11/h1,3,5,7H,2,4,6,8H2. The predicted molar refractivity (Wildman–Crippen MR) is 58.4 cm³/mol. The molecule has 1 aromatic carbocycles. The summed E-state index contributed by atoms with van der Waals surface area (Å²) >= 11 is 0. The summed E-state index contributed by atoms with van der Waals surface area (Å²) in [5.74, 6) is 0. The molecule has 0 saturated carbocycles.